The molecular formula is C20H21BrClN3O2S. The largest absolute Gasteiger partial charge is 0.494 e. The Balaban J connectivity index is 2.10. The van der Waals surface area contributed by atoms with Gasteiger partial charge in [0.05, 0.1) is 22.4 Å². The average molecular weight is 483 g/mol. The normalized spacial score (nSPS) is 11.2. The standard InChI is InChI=1S/C20H21BrClN3O2S/c1-12-5-8-16(27-4)17-18(12)28-20(23-17)25(10-9-24(2)3)19(26)14-11-13(21)6-7-15(14)22/h5-8,11H,9-10H2,1-4H3. The maximum atomic E-state index is 13.4. The molecule has 1 aromatic heterocycles. The van der Waals surface area contributed by atoms with Crippen molar-refractivity contribution in [2.24, 2.45) is 0 Å². The van der Waals surface area contributed by atoms with Crippen LogP contribution in [-0.2, 0) is 0 Å². The molecule has 8 heteroatoms. The van der Waals surface area contributed by atoms with Crippen LogP contribution in [0.5, 0.6) is 5.75 Å². The predicted molar refractivity (Wildman–Crippen MR) is 120 cm³/mol. The van der Waals surface area contributed by atoms with Crippen LogP contribution in [0.2, 0.25) is 5.02 Å². The quantitative estimate of drug-likeness (QED) is 0.482. The fourth-order valence-electron chi connectivity index (χ4n) is 2.77. The number of aryl methyl sites for hydroxylation is 1. The van der Waals surface area contributed by atoms with Crippen molar-refractivity contribution in [3.8, 4) is 5.75 Å². The molecule has 3 rings (SSSR count). The highest BCUT2D eigenvalue weighted by molar-refractivity contribution is 9.10. The van der Waals surface area contributed by atoms with Crippen molar-refractivity contribution in [1.29, 1.82) is 0 Å². The van der Waals surface area contributed by atoms with E-state index in [1.165, 1.54) is 11.3 Å². The molecule has 28 heavy (non-hydrogen) atoms. The van der Waals surface area contributed by atoms with E-state index in [-0.39, 0.29) is 5.91 Å². The Labute approximate surface area is 182 Å². The Morgan fingerprint density at radius 1 is 1.25 bits per heavy atom. The molecule has 0 radical (unpaired) electrons. The van der Waals surface area contributed by atoms with Gasteiger partial charge < -0.3 is 9.64 Å². The molecular weight excluding hydrogens is 462 g/mol. The number of anilines is 1. The third-order valence-corrected chi connectivity index (χ3v) is 6.35. The zero-order valence-electron chi connectivity index (χ0n) is 16.1. The molecule has 0 fully saturated rings. The van der Waals surface area contributed by atoms with Gasteiger partial charge in [-0.3, -0.25) is 9.69 Å². The van der Waals surface area contributed by atoms with Crippen molar-refractivity contribution in [1.82, 2.24) is 9.88 Å². The summed E-state index contributed by atoms with van der Waals surface area (Å²) < 4.78 is 7.27. The van der Waals surface area contributed by atoms with Crippen LogP contribution >= 0.6 is 38.9 Å². The van der Waals surface area contributed by atoms with Crippen LogP contribution in [0.25, 0.3) is 10.2 Å². The van der Waals surface area contributed by atoms with E-state index in [1.54, 1.807) is 24.1 Å². The van der Waals surface area contributed by atoms with Crippen molar-refractivity contribution in [3.05, 3.63) is 51.0 Å². The van der Waals surface area contributed by atoms with E-state index in [0.29, 0.717) is 34.6 Å². The fourth-order valence-corrected chi connectivity index (χ4v) is 4.40. The number of fused-ring (bicyclic) bond motifs is 1. The number of carbonyl (C=O) groups excluding carboxylic acids is 1. The van der Waals surface area contributed by atoms with Gasteiger partial charge in [0.15, 0.2) is 5.13 Å². The minimum atomic E-state index is -0.177. The third-order valence-electron chi connectivity index (χ3n) is 4.32. The molecule has 0 spiro atoms. The molecule has 5 nitrogen and oxygen atoms in total. The van der Waals surface area contributed by atoms with Crippen molar-refractivity contribution in [2.75, 3.05) is 39.2 Å². The third kappa shape index (κ3) is 4.33. The number of rotatable bonds is 6. The number of likely N-dealkylation sites (N-methyl/N-ethyl adjacent to an activating group) is 1. The van der Waals surface area contributed by atoms with Gasteiger partial charge in [0.2, 0.25) is 0 Å². The van der Waals surface area contributed by atoms with Gasteiger partial charge in [-0.15, -0.1) is 0 Å². The van der Waals surface area contributed by atoms with Crippen molar-refractivity contribution in [2.45, 2.75) is 6.92 Å². The zero-order valence-corrected chi connectivity index (χ0v) is 19.3. The van der Waals surface area contributed by atoms with E-state index >= 15 is 0 Å². The maximum Gasteiger partial charge on any atom is 0.261 e. The second kappa shape index (κ2) is 8.78. The van der Waals surface area contributed by atoms with E-state index in [0.717, 1.165) is 20.3 Å². The second-order valence-electron chi connectivity index (χ2n) is 6.64. The van der Waals surface area contributed by atoms with Crippen LogP contribution < -0.4 is 9.64 Å². The molecule has 0 unspecified atom stereocenters. The number of aromatic nitrogens is 1. The summed E-state index contributed by atoms with van der Waals surface area (Å²) in [4.78, 5) is 21.9. The number of halogens is 2. The monoisotopic (exact) mass is 481 g/mol. The Hall–Kier alpha value is -1.67. The summed E-state index contributed by atoms with van der Waals surface area (Å²) in [6.45, 7) is 3.22. The average Bonchev–Trinajstić information content (AvgIpc) is 3.10. The molecule has 1 amide bonds. The first-order valence-corrected chi connectivity index (χ1v) is 10.7. The topological polar surface area (TPSA) is 45.7 Å². The van der Waals surface area contributed by atoms with Gasteiger partial charge in [0.1, 0.15) is 11.3 Å². The highest BCUT2D eigenvalue weighted by Crippen LogP contribution is 2.37. The molecule has 0 aliphatic rings. The number of ether oxygens (including phenoxy) is 1. The zero-order chi connectivity index (χ0) is 20.4. The van der Waals surface area contributed by atoms with Crippen LogP contribution in [0.15, 0.2) is 34.8 Å². The molecule has 148 valence electrons. The molecule has 0 aliphatic heterocycles. The van der Waals surface area contributed by atoms with Crippen LogP contribution in [0, 0.1) is 6.92 Å². The number of carbonyl (C=O) groups is 1. The first-order chi connectivity index (χ1) is 13.3. The summed E-state index contributed by atoms with van der Waals surface area (Å²) in [5, 5.41) is 1.04. The van der Waals surface area contributed by atoms with E-state index in [9.17, 15) is 4.79 Å². The van der Waals surface area contributed by atoms with Gasteiger partial charge >= 0.3 is 0 Å². The molecule has 3 aromatic rings. The minimum Gasteiger partial charge on any atom is -0.494 e. The Kier molecular flexibility index (Phi) is 6.60. The minimum absolute atomic E-state index is 0.177. The number of hydrogen-bond donors (Lipinski definition) is 0. The van der Waals surface area contributed by atoms with Gasteiger partial charge in [0.25, 0.3) is 5.91 Å². The van der Waals surface area contributed by atoms with Gasteiger partial charge in [0, 0.05) is 17.6 Å². The predicted octanol–water partition coefficient (Wildman–Crippen LogP) is 5.24. The summed E-state index contributed by atoms with van der Waals surface area (Å²) >= 11 is 11.2. The lowest BCUT2D eigenvalue weighted by atomic mass is 10.2. The van der Waals surface area contributed by atoms with E-state index in [4.69, 9.17) is 21.3 Å². The lowest BCUT2D eigenvalue weighted by molar-refractivity contribution is 0.0985. The van der Waals surface area contributed by atoms with Crippen LogP contribution in [-0.4, -0.2) is 50.1 Å². The molecule has 0 bridgehead atoms. The van der Waals surface area contributed by atoms with Gasteiger partial charge in [-0.25, -0.2) is 4.98 Å². The van der Waals surface area contributed by atoms with E-state index in [2.05, 4.69) is 15.9 Å². The van der Waals surface area contributed by atoms with Gasteiger partial charge in [-0.2, -0.15) is 0 Å². The number of methoxy groups -OCH3 is 1. The maximum absolute atomic E-state index is 13.4. The van der Waals surface area contributed by atoms with E-state index < -0.39 is 0 Å². The van der Waals surface area contributed by atoms with Gasteiger partial charge in [-0.1, -0.05) is 44.9 Å². The number of amides is 1. The molecule has 0 saturated carbocycles. The summed E-state index contributed by atoms with van der Waals surface area (Å²) in [6.07, 6.45) is 0. The van der Waals surface area contributed by atoms with Crippen LogP contribution in [0.1, 0.15) is 15.9 Å². The SMILES string of the molecule is COc1ccc(C)c2sc(N(CCN(C)C)C(=O)c3cc(Br)ccc3Cl)nc12. The van der Waals surface area contributed by atoms with Crippen LogP contribution in [0.4, 0.5) is 5.13 Å². The Morgan fingerprint density at radius 2 is 2.00 bits per heavy atom. The summed E-state index contributed by atoms with van der Waals surface area (Å²) in [6, 6.07) is 9.18. The Morgan fingerprint density at radius 3 is 2.68 bits per heavy atom. The Bertz CT molecular complexity index is 1020. The summed E-state index contributed by atoms with van der Waals surface area (Å²) in [5.74, 6) is 0.521. The lowest BCUT2D eigenvalue weighted by Gasteiger charge is -2.22. The molecule has 1 heterocycles. The van der Waals surface area contributed by atoms with Crippen molar-refractivity contribution in [3.63, 3.8) is 0 Å². The highest BCUT2D eigenvalue weighted by Gasteiger charge is 2.24. The number of benzene rings is 2. The fraction of sp³-hybridized carbons (Fsp3) is 0.300. The number of hydrogen-bond acceptors (Lipinski definition) is 5. The van der Waals surface area contributed by atoms with Crippen molar-refractivity contribution >= 4 is 60.1 Å². The van der Waals surface area contributed by atoms with Crippen LogP contribution in [0.3, 0.4) is 0 Å². The summed E-state index contributed by atoms with van der Waals surface area (Å²) in [5.41, 5.74) is 2.31. The molecule has 2 aromatic carbocycles. The lowest BCUT2D eigenvalue weighted by Crippen LogP contribution is -2.36. The first-order valence-electron chi connectivity index (χ1n) is 8.67. The highest BCUT2D eigenvalue weighted by atomic mass is 79.9. The molecule has 0 atom stereocenters. The molecule has 0 N–H and O–H groups in total. The molecule has 0 saturated heterocycles. The second-order valence-corrected chi connectivity index (χ2v) is 8.94. The molecule has 0 aliphatic carbocycles. The number of thiazole rings is 1. The first kappa shape index (κ1) is 21.0. The smallest absolute Gasteiger partial charge is 0.261 e. The number of nitrogens with zero attached hydrogens (tertiary/aromatic N) is 3. The van der Waals surface area contributed by atoms with Gasteiger partial charge in [-0.05, 0) is 50.8 Å². The van der Waals surface area contributed by atoms with Crippen molar-refractivity contribution < 1.29 is 9.53 Å². The summed E-state index contributed by atoms with van der Waals surface area (Å²) in [7, 11) is 5.57. The van der Waals surface area contributed by atoms with E-state index in [1.807, 2.05) is 44.1 Å².